The minimum absolute atomic E-state index is 0.00683. The summed E-state index contributed by atoms with van der Waals surface area (Å²) in [5.41, 5.74) is 1.19. The quantitative estimate of drug-likeness (QED) is 0.406. The number of amides is 1. The van der Waals surface area contributed by atoms with E-state index < -0.39 is 9.84 Å². The maximum Gasteiger partial charge on any atom is 0.223 e. The molecule has 1 aliphatic heterocycles. The highest BCUT2D eigenvalue weighted by Gasteiger charge is 2.27. The van der Waals surface area contributed by atoms with Crippen molar-refractivity contribution in [3.8, 4) is 0 Å². The molecule has 2 aromatic carbocycles. The second-order valence-electron chi connectivity index (χ2n) is 8.12. The van der Waals surface area contributed by atoms with Gasteiger partial charge in [0.25, 0.3) is 0 Å². The molecular weight excluding hydrogens is 466 g/mol. The van der Waals surface area contributed by atoms with Gasteiger partial charge in [-0.3, -0.25) is 9.20 Å². The van der Waals surface area contributed by atoms with E-state index in [-0.39, 0.29) is 23.0 Å². The van der Waals surface area contributed by atoms with Gasteiger partial charge >= 0.3 is 0 Å². The summed E-state index contributed by atoms with van der Waals surface area (Å²) in [6.07, 6.45) is 5.67. The number of carbonyl (C=O) groups is 1. The molecule has 0 bridgehead atoms. The second kappa shape index (κ2) is 8.50. The normalized spacial score (nSPS) is 15.6. The predicted octanol–water partition coefficient (Wildman–Crippen LogP) is 4.77. The van der Waals surface area contributed by atoms with Crippen LogP contribution in [0.25, 0.3) is 15.7 Å². The number of hydrogen-bond donors (Lipinski definition) is 0. The second-order valence-corrected chi connectivity index (χ2v) is 11.5. The molecule has 9 heteroatoms. The summed E-state index contributed by atoms with van der Waals surface area (Å²) in [6.45, 7) is 1.27. The summed E-state index contributed by atoms with van der Waals surface area (Å²) < 4.78 is 27.8. The summed E-state index contributed by atoms with van der Waals surface area (Å²) >= 11 is 7.61. The smallest absolute Gasteiger partial charge is 0.223 e. The fourth-order valence-corrected chi connectivity index (χ4v) is 6.50. The fourth-order valence-electron chi connectivity index (χ4n) is 4.36. The van der Waals surface area contributed by atoms with Crippen LogP contribution in [0.2, 0.25) is 5.02 Å². The molecule has 0 N–H and O–H groups in total. The Kier molecular flexibility index (Phi) is 5.69. The maximum absolute atomic E-state index is 12.8. The number of sulfone groups is 1. The number of nitrogens with zero attached hydrogens (tertiary/aromatic N) is 3. The molecule has 0 spiro atoms. The first-order valence-electron chi connectivity index (χ1n) is 10.5. The first kappa shape index (κ1) is 21.4. The van der Waals surface area contributed by atoms with Crippen LogP contribution < -0.4 is 0 Å². The average Bonchev–Trinajstić information content (AvgIpc) is 3.41. The summed E-state index contributed by atoms with van der Waals surface area (Å²) in [7, 11) is -3.55. The Morgan fingerprint density at radius 2 is 1.88 bits per heavy atom. The number of hydrogen-bond acceptors (Lipinski definition) is 5. The van der Waals surface area contributed by atoms with Crippen LogP contribution in [0.1, 0.15) is 30.9 Å². The number of imidazole rings is 1. The van der Waals surface area contributed by atoms with Gasteiger partial charge in [0, 0.05) is 47.7 Å². The van der Waals surface area contributed by atoms with Crippen molar-refractivity contribution in [1.29, 1.82) is 0 Å². The molecule has 0 saturated carbocycles. The zero-order valence-electron chi connectivity index (χ0n) is 17.3. The molecule has 5 rings (SSSR count). The van der Waals surface area contributed by atoms with Crippen molar-refractivity contribution in [2.75, 3.05) is 18.8 Å². The number of aromatic nitrogens is 2. The lowest BCUT2D eigenvalue weighted by Crippen LogP contribution is -2.38. The SMILES string of the molecule is O=C(CCS(=O)(=O)c1ccc2cc(Cl)ccc2c1)N1CCC(c2cnc3sccn23)CC1. The van der Waals surface area contributed by atoms with Gasteiger partial charge in [0.1, 0.15) is 0 Å². The molecule has 1 fully saturated rings. The molecule has 1 amide bonds. The number of halogens is 1. The van der Waals surface area contributed by atoms with Crippen molar-refractivity contribution in [2.45, 2.75) is 30.1 Å². The molecule has 1 aliphatic rings. The molecule has 6 nitrogen and oxygen atoms in total. The van der Waals surface area contributed by atoms with Crippen LogP contribution in [-0.2, 0) is 14.6 Å². The molecule has 2 aromatic heterocycles. The fraction of sp³-hybridized carbons (Fsp3) is 0.304. The number of likely N-dealkylation sites (tertiary alicyclic amines) is 1. The Bertz CT molecular complexity index is 1400. The molecule has 0 atom stereocenters. The van der Waals surface area contributed by atoms with Crippen LogP contribution in [0.3, 0.4) is 0 Å². The summed E-state index contributed by atoms with van der Waals surface area (Å²) in [4.78, 5) is 20.2. The van der Waals surface area contributed by atoms with E-state index in [4.69, 9.17) is 11.6 Å². The summed E-state index contributed by atoms with van der Waals surface area (Å²) in [6, 6.07) is 10.3. The number of piperidine rings is 1. The third-order valence-electron chi connectivity index (χ3n) is 6.16. The molecule has 1 saturated heterocycles. The standard InChI is InChI=1S/C23H22ClN3O3S2/c24-19-3-1-18-14-20(4-2-17(18)13-19)32(29,30)12-7-22(28)26-8-5-16(6-9-26)21-15-25-23-27(21)10-11-31-23/h1-4,10-11,13-16H,5-9,12H2. The number of fused-ring (bicyclic) bond motifs is 2. The van der Waals surface area contributed by atoms with Gasteiger partial charge in [-0.05, 0) is 47.9 Å². The van der Waals surface area contributed by atoms with Gasteiger partial charge in [-0.2, -0.15) is 0 Å². The van der Waals surface area contributed by atoms with Crippen LogP contribution in [-0.4, -0.2) is 47.5 Å². The average molecular weight is 488 g/mol. The van der Waals surface area contributed by atoms with Gasteiger partial charge in [0.15, 0.2) is 14.8 Å². The molecule has 3 heterocycles. The van der Waals surface area contributed by atoms with E-state index in [0.29, 0.717) is 24.0 Å². The first-order chi connectivity index (χ1) is 15.4. The van der Waals surface area contributed by atoms with Crippen LogP contribution in [0, 0.1) is 0 Å². The zero-order chi connectivity index (χ0) is 22.3. The minimum Gasteiger partial charge on any atom is -0.343 e. The minimum atomic E-state index is -3.55. The highest BCUT2D eigenvalue weighted by atomic mass is 35.5. The maximum atomic E-state index is 12.8. The molecule has 0 aliphatic carbocycles. The van der Waals surface area contributed by atoms with Crippen molar-refractivity contribution < 1.29 is 13.2 Å². The van der Waals surface area contributed by atoms with E-state index in [0.717, 1.165) is 28.6 Å². The number of carbonyl (C=O) groups excluding carboxylic acids is 1. The monoisotopic (exact) mass is 487 g/mol. The van der Waals surface area contributed by atoms with Crippen molar-refractivity contribution in [2.24, 2.45) is 0 Å². The van der Waals surface area contributed by atoms with Gasteiger partial charge in [-0.15, -0.1) is 11.3 Å². The lowest BCUT2D eigenvalue weighted by molar-refractivity contribution is -0.131. The highest BCUT2D eigenvalue weighted by molar-refractivity contribution is 7.91. The Balaban J connectivity index is 1.20. The first-order valence-corrected chi connectivity index (χ1v) is 13.4. The largest absolute Gasteiger partial charge is 0.343 e. The van der Waals surface area contributed by atoms with Crippen molar-refractivity contribution in [3.05, 3.63) is 64.9 Å². The van der Waals surface area contributed by atoms with E-state index >= 15 is 0 Å². The Labute approximate surface area is 195 Å². The molecule has 0 unspecified atom stereocenters. The molecular formula is C23H22ClN3O3S2. The number of thiazole rings is 1. The summed E-state index contributed by atoms with van der Waals surface area (Å²) in [5, 5.41) is 4.32. The van der Waals surface area contributed by atoms with Gasteiger partial charge in [-0.25, -0.2) is 13.4 Å². The number of benzene rings is 2. The van der Waals surface area contributed by atoms with Crippen LogP contribution in [0.5, 0.6) is 0 Å². The lowest BCUT2D eigenvalue weighted by Gasteiger charge is -2.31. The Morgan fingerprint density at radius 1 is 1.12 bits per heavy atom. The van der Waals surface area contributed by atoms with E-state index in [1.54, 1.807) is 52.6 Å². The van der Waals surface area contributed by atoms with Crippen LogP contribution >= 0.6 is 22.9 Å². The molecule has 4 aromatic rings. The predicted molar refractivity (Wildman–Crippen MR) is 127 cm³/mol. The summed E-state index contributed by atoms with van der Waals surface area (Å²) in [5.74, 6) is 0.0651. The Morgan fingerprint density at radius 3 is 2.69 bits per heavy atom. The third kappa shape index (κ3) is 4.14. The van der Waals surface area contributed by atoms with Crippen molar-refractivity contribution >= 4 is 54.4 Å². The van der Waals surface area contributed by atoms with Crippen molar-refractivity contribution in [3.63, 3.8) is 0 Å². The van der Waals surface area contributed by atoms with E-state index in [1.807, 2.05) is 17.8 Å². The van der Waals surface area contributed by atoms with E-state index in [9.17, 15) is 13.2 Å². The molecule has 166 valence electrons. The van der Waals surface area contributed by atoms with Crippen LogP contribution in [0.4, 0.5) is 0 Å². The van der Waals surface area contributed by atoms with E-state index in [1.165, 1.54) is 5.69 Å². The molecule has 0 radical (unpaired) electrons. The van der Waals surface area contributed by atoms with Gasteiger partial charge < -0.3 is 4.90 Å². The van der Waals surface area contributed by atoms with Gasteiger partial charge in [0.05, 0.1) is 16.8 Å². The van der Waals surface area contributed by atoms with Gasteiger partial charge in [0.2, 0.25) is 5.91 Å². The third-order valence-corrected chi connectivity index (χ3v) is 8.88. The van der Waals surface area contributed by atoms with Crippen LogP contribution in [0.15, 0.2) is 59.1 Å². The van der Waals surface area contributed by atoms with Gasteiger partial charge in [-0.1, -0.05) is 23.7 Å². The lowest BCUT2D eigenvalue weighted by atomic mass is 9.94. The van der Waals surface area contributed by atoms with E-state index in [2.05, 4.69) is 9.38 Å². The molecule has 32 heavy (non-hydrogen) atoms. The highest BCUT2D eigenvalue weighted by Crippen LogP contribution is 2.30. The number of rotatable bonds is 5. The van der Waals surface area contributed by atoms with Crippen molar-refractivity contribution in [1.82, 2.24) is 14.3 Å². The topological polar surface area (TPSA) is 71.8 Å². The Hall–Kier alpha value is -2.42. The zero-order valence-corrected chi connectivity index (χ0v) is 19.7.